The molecule has 0 aromatic rings. The van der Waals surface area contributed by atoms with Gasteiger partial charge in [0.15, 0.2) is 0 Å². The van der Waals surface area contributed by atoms with Gasteiger partial charge >= 0.3 is 5.97 Å². The Hall–Kier alpha value is -0.393. The van der Waals surface area contributed by atoms with Gasteiger partial charge in [0, 0.05) is 6.04 Å². The van der Waals surface area contributed by atoms with E-state index in [9.17, 15) is 9.90 Å². The van der Waals surface area contributed by atoms with E-state index < -0.39 is 20.3 Å². The van der Waals surface area contributed by atoms with Gasteiger partial charge in [-0.25, -0.2) is 0 Å². The molecule has 0 aliphatic heterocycles. The highest BCUT2D eigenvalue weighted by Crippen LogP contribution is 2.13. The average molecular weight is 247 g/mol. The van der Waals surface area contributed by atoms with Gasteiger partial charge in [-0.1, -0.05) is 33.5 Å². The first-order valence-electron chi connectivity index (χ1n) is 5.79. The van der Waals surface area contributed by atoms with Crippen molar-refractivity contribution >= 4 is 14.2 Å². The maximum atomic E-state index is 10.6. The van der Waals surface area contributed by atoms with Crippen LogP contribution in [0.1, 0.15) is 26.7 Å². The Morgan fingerprint density at radius 1 is 1.31 bits per heavy atom. The second-order valence-corrected chi connectivity index (χ2v) is 10.6. The van der Waals surface area contributed by atoms with E-state index in [0.717, 1.165) is 6.42 Å². The number of carboxylic acids is 1. The third-order valence-electron chi connectivity index (χ3n) is 2.19. The van der Waals surface area contributed by atoms with E-state index in [4.69, 9.17) is 5.11 Å². The standard InChI is InChI=1S/C11H25NO3Si/c1-8(2)6-9(12-16(3,4)5)10(13)7-11(14)15/h8-10,12-13H,6-7H2,1-5H3,(H,14,15)/t9-,10-/m0/s1. The van der Waals surface area contributed by atoms with E-state index in [0.29, 0.717) is 5.92 Å². The van der Waals surface area contributed by atoms with Crippen LogP contribution < -0.4 is 4.98 Å². The van der Waals surface area contributed by atoms with E-state index in [1.165, 1.54) is 0 Å². The largest absolute Gasteiger partial charge is 0.481 e. The van der Waals surface area contributed by atoms with Crippen molar-refractivity contribution in [2.75, 3.05) is 0 Å². The molecule has 4 nitrogen and oxygen atoms in total. The number of nitrogens with one attached hydrogen (secondary N) is 1. The molecule has 0 fully saturated rings. The first kappa shape index (κ1) is 15.6. The number of aliphatic carboxylic acids is 1. The lowest BCUT2D eigenvalue weighted by Gasteiger charge is -2.31. The lowest BCUT2D eigenvalue weighted by molar-refractivity contribution is -0.139. The summed E-state index contributed by atoms with van der Waals surface area (Å²) in [7, 11) is -1.50. The predicted molar refractivity (Wildman–Crippen MR) is 68.0 cm³/mol. The van der Waals surface area contributed by atoms with Crippen molar-refractivity contribution in [2.24, 2.45) is 5.92 Å². The number of hydrogen-bond acceptors (Lipinski definition) is 3. The number of aliphatic hydroxyl groups is 1. The molecular formula is C11H25NO3Si. The summed E-state index contributed by atoms with van der Waals surface area (Å²) in [4.78, 5) is 14.0. The van der Waals surface area contributed by atoms with E-state index in [1.807, 2.05) is 0 Å². The van der Waals surface area contributed by atoms with E-state index >= 15 is 0 Å². The zero-order valence-electron chi connectivity index (χ0n) is 10.9. The number of carboxylic acid groups (broad SMARTS) is 1. The summed E-state index contributed by atoms with van der Waals surface area (Å²) in [6, 6.07) is -0.109. The Morgan fingerprint density at radius 3 is 2.12 bits per heavy atom. The molecule has 0 radical (unpaired) electrons. The predicted octanol–water partition coefficient (Wildman–Crippen LogP) is 1.66. The SMILES string of the molecule is CC(C)C[C@H](N[Si](C)(C)C)[C@@H](O)CC(=O)O. The molecule has 0 aliphatic carbocycles. The molecule has 96 valence electrons. The summed E-state index contributed by atoms with van der Waals surface area (Å²) in [6.45, 7) is 10.6. The Kier molecular flexibility index (Phi) is 6.21. The molecule has 0 aliphatic rings. The van der Waals surface area contributed by atoms with Crippen molar-refractivity contribution in [3.8, 4) is 0 Å². The second kappa shape index (κ2) is 6.37. The maximum Gasteiger partial charge on any atom is 0.306 e. The monoisotopic (exact) mass is 247 g/mol. The van der Waals surface area contributed by atoms with Gasteiger partial charge in [-0.05, 0) is 12.3 Å². The van der Waals surface area contributed by atoms with Crippen molar-refractivity contribution in [3.63, 3.8) is 0 Å². The fourth-order valence-electron chi connectivity index (χ4n) is 1.70. The van der Waals surface area contributed by atoms with Crippen LogP contribution in [0.5, 0.6) is 0 Å². The van der Waals surface area contributed by atoms with Gasteiger partial charge < -0.3 is 15.2 Å². The molecule has 0 rings (SSSR count). The van der Waals surface area contributed by atoms with Crippen molar-refractivity contribution < 1.29 is 15.0 Å². The number of aliphatic hydroxyl groups excluding tert-OH is 1. The molecule has 0 bridgehead atoms. The van der Waals surface area contributed by atoms with E-state index in [-0.39, 0.29) is 12.5 Å². The molecule has 0 saturated carbocycles. The van der Waals surface area contributed by atoms with Crippen LogP contribution in [0.2, 0.25) is 19.6 Å². The molecule has 0 aromatic heterocycles. The number of rotatable bonds is 7. The average Bonchev–Trinajstić information content (AvgIpc) is 1.97. The highest BCUT2D eigenvalue weighted by Gasteiger charge is 2.27. The van der Waals surface area contributed by atoms with Crippen LogP contribution >= 0.6 is 0 Å². The summed E-state index contributed by atoms with van der Waals surface area (Å²) >= 11 is 0. The van der Waals surface area contributed by atoms with Crippen LogP contribution in [0.25, 0.3) is 0 Å². The Labute approximate surface area is 99.1 Å². The van der Waals surface area contributed by atoms with Gasteiger partial charge in [0.25, 0.3) is 0 Å². The minimum atomic E-state index is -1.50. The van der Waals surface area contributed by atoms with Gasteiger partial charge in [0.05, 0.1) is 12.5 Å². The topological polar surface area (TPSA) is 69.6 Å². The number of hydrogen-bond donors (Lipinski definition) is 3. The van der Waals surface area contributed by atoms with Crippen molar-refractivity contribution in [1.29, 1.82) is 0 Å². The Morgan fingerprint density at radius 2 is 1.81 bits per heavy atom. The molecule has 0 aromatic carbocycles. The Balaban J connectivity index is 4.46. The number of carbonyl (C=O) groups is 1. The fraction of sp³-hybridized carbons (Fsp3) is 0.909. The molecule has 0 spiro atoms. The molecule has 0 heterocycles. The van der Waals surface area contributed by atoms with Crippen LogP contribution in [-0.2, 0) is 4.79 Å². The van der Waals surface area contributed by atoms with Crippen LogP contribution in [-0.4, -0.2) is 36.6 Å². The molecular weight excluding hydrogens is 222 g/mol. The van der Waals surface area contributed by atoms with Gasteiger partial charge in [-0.3, -0.25) is 4.79 Å². The normalized spacial score (nSPS) is 16.2. The van der Waals surface area contributed by atoms with Gasteiger partial charge in [-0.15, -0.1) is 0 Å². The quantitative estimate of drug-likeness (QED) is 0.598. The van der Waals surface area contributed by atoms with Crippen LogP contribution in [0.4, 0.5) is 0 Å². The molecule has 16 heavy (non-hydrogen) atoms. The summed E-state index contributed by atoms with van der Waals surface area (Å²) in [5, 5.41) is 18.6. The first-order valence-corrected chi connectivity index (χ1v) is 9.29. The molecule has 2 atom stereocenters. The molecule has 0 unspecified atom stereocenters. The lowest BCUT2D eigenvalue weighted by Crippen LogP contribution is -2.53. The van der Waals surface area contributed by atoms with E-state index in [2.05, 4.69) is 38.5 Å². The van der Waals surface area contributed by atoms with Crippen LogP contribution in [0, 0.1) is 5.92 Å². The summed E-state index contributed by atoms with van der Waals surface area (Å²) in [5.41, 5.74) is 0. The molecule has 3 N–H and O–H groups in total. The van der Waals surface area contributed by atoms with Crippen molar-refractivity contribution in [1.82, 2.24) is 4.98 Å². The fourth-order valence-corrected chi connectivity index (χ4v) is 3.12. The zero-order valence-corrected chi connectivity index (χ0v) is 11.9. The minimum absolute atomic E-state index is 0.109. The van der Waals surface area contributed by atoms with Gasteiger partial charge in [0.1, 0.15) is 8.24 Å². The smallest absolute Gasteiger partial charge is 0.306 e. The van der Waals surface area contributed by atoms with Crippen LogP contribution in [0.15, 0.2) is 0 Å². The Bertz CT molecular complexity index is 226. The van der Waals surface area contributed by atoms with Gasteiger partial charge in [0.2, 0.25) is 0 Å². The third kappa shape index (κ3) is 7.84. The molecule has 0 saturated heterocycles. The molecule has 0 amide bonds. The second-order valence-electron chi connectivity index (χ2n) is 5.80. The van der Waals surface area contributed by atoms with Crippen LogP contribution in [0.3, 0.4) is 0 Å². The lowest BCUT2D eigenvalue weighted by atomic mass is 9.98. The third-order valence-corrected chi connectivity index (χ3v) is 3.43. The summed E-state index contributed by atoms with van der Waals surface area (Å²) < 4.78 is 0. The summed E-state index contributed by atoms with van der Waals surface area (Å²) in [6.07, 6.45) is -0.181. The highest BCUT2D eigenvalue weighted by atomic mass is 28.3. The van der Waals surface area contributed by atoms with Gasteiger partial charge in [-0.2, -0.15) is 0 Å². The summed E-state index contributed by atoms with van der Waals surface area (Å²) in [5.74, 6) is -0.504. The van der Waals surface area contributed by atoms with Crippen molar-refractivity contribution in [2.45, 2.75) is 58.5 Å². The minimum Gasteiger partial charge on any atom is -0.481 e. The zero-order chi connectivity index (χ0) is 12.9. The highest BCUT2D eigenvalue weighted by molar-refractivity contribution is 6.73. The van der Waals surface area contributed by atoms with Crippen molar-refractivity contribution in [3.05, 3.63) is 0 Å². The molecule has 5 heteroatoms. The maximum absolute atomic E-state index is 10.6. The van der Waals surface area contributed by atoms with E-state index in [1.54, 1.807) is 0 Å². The first-order chi connectivity index (χ1) is 7.11.